The molecule has 2 N–H and O–H groups in total. The summed E-state index contributed by atoms with van der Waals surface area (Å²) in [6.45, 7) is 7.70. The number of likely N-dealkylation sites (tertiary alicyclic amines) is 1. The Hall–Kier alpha value is -1.43. The fraction of sp³-hybridized carbons (Fsp3) is 0.444. The number of hydrogen-bond donors (Lipinski definition) is 1. The van der Waals surface area contributed by atoms with Gasteiger partial charge in [0.1, 0.15) is 10.7 Å². The first-order valence-corrected chi connectivity index (χ1v) is 8.83. The van der Waals surface area contributed by atoms with E-state index >= 15 is 0 Å². The van der Waals surface area contributed by atoms with Gasteiger partial charge in [-0.2, -0.15) is 0 Å². The summed E-state index contributed by atoms with van der Waals surface area (Å²) in [7, 11) is 0. The zero-order valence-corrected chi connectivity index (χ0v) is 15.9. The lowest BCUT2D eigenvalue weighted by Crippen LogP contribution is -2.54. The Labute approximate surface area is 153 Å². The number of amides is 1. The molecule has 1 aliphatic rings. The van der Waals surface area contributed by atoms with Gasteiger partial charge in [-0.25, -0.2) is 4.98 Å². The van der Waals surface area contributed by atoms with Crippen molar-refractivity contribution >= 4 is 29.7 Å². The van der Waals surface area contributed by atoms with Crippen molar-refractivity contribution in [3.05, 3.63) is 40.9 Å². The van der Waals surface area contributed by atoms with E-state index in [9.17, 15) is 4.79 Å². The van der Waals surface area contributed by atoms with E-state index in [1.54, 1.807) is 0 Å². The van der Waals surface area contributed by atoms with Crippen LogP contribution in [0.2, 0.25) is 0 Å². The van der Waals surface area contributed by atoms with Crippen LogP contribution in [0.1, 0.15) is 36.3 Å². The van der Waals surface area contributed by atoms with E-state index in [4.69, 9.17) is 5.73 Å². The summed E-state index contributed by atoms with van der Waals surface area (Å²) in [4.78, 5) is 19.2. The van der Waals surface area contributed by atoms with Crippen molar-refractivity contribution in [1.29, 1.82) is 0 Å². The standard InChI is InChI=1S/C18H23N3OS.ClH/c1-12-6-4-5-7-13(12)16-20-14(10-23-16)17(22)21-9-8-15(19)18(2,3)11-21;/h4-7,10,15H,8-9,11,19H2,1-3H3;1H. The summed E-state index contributed by atoms with van der Waals surface area (Å²) in [5.41, 5.74) is 8.91. The van der Waals surface area contributed by atoms with Gasteiger partial charge in [-0.15, -0.1) is 23.7 Å². The van der Waals surface area contributed by atoms with Crippen molar-refractivity contribution in [2.45, 2.75) is 33.2 Å². The number of aryl methyl sites for hydroxylation is 1. The van der Waals surface area contributed by atoms with Gasteiger partial charge in [-0.3, -0.25) is 4.79 Å². The lowest BCUT2D eigenvalue weighted by Gasteiger charge is -2.42. The number of aromatic nitrogens is 1. The molecule has 6 heteroatoms. The Bertz CT molecular complexity index is 729. The highest BCUT2D eigenvalue weighted by Crippen LogP contribution is 2.30. The van der Waals surface area contributed by atoms with Gasteiger partial charge in [0.15, 0.2) is 0 Å². The van der Waals surface area contributed by atoms with Crippen LogP contribution in [0, 0.1) is 12.3 Å². The number of hydrogen-bond acceptors (Lipinski definition) is 4. The Kier molecular flexibility index (Phi) is 5.68. The van der Waals surface area contributed by atoms with Crippen LogP contribution in [0.3, 0.4) is 0 Å². The maximum absolute atomic E-state index is 12.8. The highest BCUT2D eigenvalue weighted by molar-refractivity contribution is 7.13. The predicted octanol–water partition coefficient (Wildman–Crippen LogP) is 3.74. The monoisotopic (exact) mass is 365 g/mol. The van der Waals surface area contributed by atoms with Crippen LogP contribution >= 0.6 is 23.7 Å². The van der Waals surface area contributed by atoms with E-state index in [1.807, 2.05) is 28.5 Å². The summed E-state index contributed by atoms with van der Waals surface area (Å²) >= 11 is 1.53. The maximum atomic E-state index is 12.8. The lowest BCUT2D eigenvalue weighted by atomic mass is 9.79. The topological polar surface area (TPSA) is 59.2 Å². The van der Waals surface area contributed by atoms with Crippen LogP contribution in [0.4, 0.5) is 0 Å². The number of carbonyl (C=O) groups is 1. The molecular weight excluding hydrogens is 342 g/mol. The van der Waals surface area contributed by atoms with E-state index in [2.05, 4.69) is 31.8 Å². The number of thiazole rings is 1. The first-order chi connectivity index (χ1) is 10.9. The Morgan fingerprint density at radius 1 is 1.38 bits per heavy atom. The molecule has 1 saturated heterocycles. The van der Waals surface area contributed by atoms with Crippen LogP contribution in [0.5, 0.6) is 0 Å². The molecule has 1 unspecified atom stereocenters. The van der Waals surface area contributed by atoms with E-state index < -0.39 is 0 Å². The number of rotatable bonds is 2. The summed E-state index contributed by atoms with van der Waals surface area (Å²) < 4.78 is 0. The molecule has 3 rings (SSSR count). The van der Waals surface area contributed by atoms with E-state index in [1.165, 1.54) is 16.9 Å². The molecule has 24 heavy (non-hydrogen) atoms. The Morgan fingerprint density at radius 3 is 2.75 bits per heavy atom. The van der Waals surface area contributed by atoms with Crippen molar-refractivity contribution in [3.8, 4) is 10.6 Å². The molecule has 1 aromatic heterocycles. The first-order valence-electron chi connectivity index (χ1n) is 7.95. The average Bonchev–Trinajstić information content (AvgIpc) is 2.99. The minimum Gasteiger partial charge on any atom is -0.337 e. The molecule has 0 saturated carbocycles. The van der Waals surface area contributed by atoms with Crippen LogP contribution in [-0.2, 0) is 0 Å². The molecule has 0 aliphatic carbocycles. The molecular formula is C18H24ClN3OS. The van der Waals surface area contributed by atoms with Gasteiger partial charge in [0, 0.05) is 30.1 Å². The third kappa shape index (κ3) is 3.63. The molecule has 0 spiro atoms. The first kappa shape index (κ1) is 18.9. The smallest absolute Gasteiger partial charge is 0.273 e. The molecule has 1 aromatic carbocycles. The van der Waals surface area contributed by atoms with Crippen LogP contribution < -0.4 is 5.73 Å². The van der Waals surface area contributed by atoms with E-state index in [0.717, 1.165) is 17.0 Å². The molecule has 1 fully saturated rings. The summed E-state index contributed by atoms with van der Waals surface area (Å²) in [5.74, 6) is 0.0149. The maximum Gasteiger partial charge on any atom is 0.273 e. The largest absolute Gasteiger partial charge is 0.337 e. The van der Waals surface area contributed by atoms with Crippen molar-refractivity contribution in [2.24, 2.45) is 11.1 Å². The van der Waals surface area contributed by atoms with Gasteiger partial charge < -0.3 is 10.6 Å². The molecule has 4 nitrogen and oxygen atoms in total. The number of carbonyl (C=O) groups excluding carboxylic acids is 1. The van der Waals surface area contributed by atoms with Crippen LogP contribution in [0.25, 0.3) is 10.6 Å². The second kappa shape index (κ2) is 7.21. The quantitative estimate of drug-likeness (QED) is 0.881. The van der Waals surface area contributed by atoms with Crippen LogP contribution in [-0.4, -0.2) is 34.9 Å². The molecule has 2 aromatic rings. The summed E-state index contributed by atoms with van der Waals surface area (Å²) in [5, 5.41) is 2.77. The molecule has 0 bridgehead atoms. The van der Waals surface area contributed by atoms with Gasteiger partial charge in [-0.1, -0.05) is 38.1 Å². The van der Waals surface area contributed by atoms with E-state index in [-0.39, 0.29) is 29.8 Å². The predicted molar refractivity (Wildman–Crippen MR) is 102 cm³/mol. The molecule has 130 valence electrons. The molecule has 0 radical (unpaired) electrons. The zero-order valence-electron chi connectivity index (χ0n) is 14.3. The zero-order chi connectivity index (χ0) is 16.6. The second-order valence-electron chi connectivity index (χ2n) is 6.96. The highest BCUT2D eigenvalue weighted by atomic mass is 35.5. The molecule has 2 heterocycles. The van der Waals surface area contributed by atoms with Gasteiger partial charge in [0.05, 0.1) is 0 Å². The van der Waals surface area contributed by atoms with Gasteiger partial charge in [0.25, 0.3) is 5.91 Å². The Morgan fingerprint density at radius 2 is 2.08 bits per heavy atom. The SMILES string of the molecule is Cc1ccccc1-c1nc(C(=O)N2CCC(N)C(C)(C)C2)cs1.Cl. The van der Waals surface area contributed by atoms with Crippen LogP contribution in [0.15, 0.2) is 29.6 Å². The number of benzene rings is 1. The number of nitrogens with zero attached hydrogens (tertiary/aromatic N) is 2. The summed E-state index contributed by atoms with van der Waals surface area (Å²) in [6.07, 6.45) is 0.841. The lowest BCUT2D eigenvalue weighted by molar-refractivity contribution is 0.0528. The van der Waals surface area contributed by atoms with Gasteiger partial charge in [-0.05, 0) is 24.3 Å². The van der Waals surface area contributed by atoms with Crippen molar-refractivity contribution in [1.82, 2.24) is 9.88 Å². The van der Waals surface area contributed by atoms with Gasteiger partial charge >= 0.3 is 0 Å². The van der Waals surface area contributed by atoms with Crippen molar-refractivity contribution in [2.75, 3.05) is 13.1 Å². The third-order valence-electron chi connectivity index (χ3n) is 4.70. The number of halogens is 1. The van der Waals surface area contributed by atoms with Crippen molar-refractivity contribution in [3.63, 3.8) is 0 Å². The minimum absolute atomic E-state index is 0. The van der Waals surface area contributed by atoms with E-state index in [0.29, 0.717) is 18.8 Å². The normalized spacial score (nSPS) is 19.7. The highest BCUT2D eigenvalue weighted by Gasteiger charge is 2.36. The molecule has 1 atom stereocenters. The number of piperidine rings is 1. The fourth-order valence-electron chi connectivity index (χ4n) is 3.02. The average molecular weight is 366 g/mol. The second-order valence-corrected chi connectivity index (χ2v) is 7.82. The van der Waals surface area contributed by atoms with Gasteiger partial charge in [0.2, 0.25) is 0 Å². The van der Waals surface area contributed by atoms with Crippen molar-refractivity contribution < 1.29 is 4.79 Å². The molecule has 1 aliphatic heterocycles. The summed E-state index contributed by atoms with van der Waals surface area (Å²) in [6, 6.07) is 8.26. The Balaban J connectivity index is 0.00000208. The third-order valence-corrected chi connectivity index (χ3v) is 5.57. The molecule has 1 amide bonds. The number of nitrogens with two attached hydrogens (primary N) is 1. The minimum atomic E-state index is -0.0528. The fourth-order valence-corrected chi connectivity index (χ4v) is 3.90.